The van der Waals surface area contributed by atoms with Gasteiger partial charge in [-0.1, -0.05) is 53.4 Å². The molecule has 0 N–H and O–H groups in total. The van der Waals surface area contributed by atoms with E-state index in [2.05, 4.69) is 27.7 Å². The predicted molar refractivity (Wildman–Crippen MR) is 52.1 cm³/mol. The molecular formula is C10H22KN. The number of hydrogen-bond donors (Lipinski definition) is 0. The number of nitrogens with zero attached hydrogens (tertiary/aromatic N) is 1. The fourth-order valence-electron chi connectivity index (χ4n) is 1.30. The summed E-state index contributed by atoms with van der Waals surface area (Å²) in [5.74, 6) is 0. The van der Waals surface area contributed by atoms with E-state index in [1.165, 1.54) is 25.7 Å². The third kappa shape index (κ3) is 7.04. The molecule has 1 nitrogen and oxygen atoms in total. The Bertz CT molecular complexity index is 67.9. The largest absolute Gasteiger partial charge is 1.00 e. The predicted octanol–water partition coefficient (Wildman–Crippen LogP) is 0.741. The van der Waals surface area contributed by atoms with E-state index in [1.54, 1.807) is 0 Å². The smallest absolute Gasteiger partial charge is 0.657 e. The van der Waals surface area contributed by atoms with Crippen LogP contribution in [0.4, 0.5) is 0 Å². The molecule has 0 aromatic rings. The Morgan fingerprint density at radius 1 is 0.750 bits per heavy atom. The molecule has 0 radical (unpaired) electrons. The molecule has 0 atom stereocenters. The van der Waals surface area contributed by atoms with Gasteiger partial charge in [-0.3, -0.25) is 0 Å². The molecule has 68 valence electrons. The normalized spacial score (nSPS) is 10.5. The summed E-state index contributed by atoms with van der Waals surface area (Å²) in [6.07, 6.45) is 4.81. The van der Waals surface area contributed by atoms with Gasteiger partial charge in [0.05, 0.1) is 0 Å². The summed E-state index contributed by atoms with van der Waals surface area (Å²) in [4.78, 5) is 0. The third-order valence-corrected chi connectivity index (χ3v) is 2.31. The summed E-state index contributed by atoms with van der Waals surface area (Å²) < 4.78 is 0. The molecule has 0 saturated carbocycles. The van der Waals surface area contributed by atoms with Crippen LogP contribution in [-0.4, -0.2) is 12.1 Å². The van der Waals surface area contributed by atoms with Crippen molar-refractivity contribution in [1.29, 1.82) is 0 Å². The van der Waals surface area contributed by atoms with Crippen molar-refractivity contribution < 1.29 is 51.4 Å². The van der Waals surface area contributed by atoms with Gasteiger partial charge in [-0.05, 0) is 0 Å². The number of rotatable bonds is 6. The van der Waals surface area contributed by atoms with Crippen LogP contribution in [0, 0.1) is 0 Å². The van der Waals surface area contributed by atoms with Gasteiger partial charge in [0.2, 0.25) is 0 Å². The standard InChI is InChI=1S/C10H22N.K/c1-5-9(6-2)11-10(7-3)8-4;/h9-10H,5-8H2,1-4H3;/q-1;+1. The molecule has 0 heterocycles. The molecule has 0 unspecified atom stereocenters. The van der Waals surface area contributed by atoms with Crippen molar-refractivity contribution in [3.05, 3.63) is 5.32 Å². The maximum Gasteiger partial charge on any atom is 1.00 e. The first-order valence-electron chi connectivity index (χ1n) is 4.98. The fourth-order valence-corrected chi connectivity index (χ4v) is 1.30. The molecule has 0 aliphatic heterocycles. The first-order valence-corrected chi connectivity index (χ1v) is 4.98. The molecule has 0 spiro atoms. The van der Waals surface area contributed by atoms with Crippen molar-refractivity contribution in [2.75, 3.05) is 0 Å². The topological polar surface area (TPSA) is 14.1 Å². The molecule has 0 saturated heterocycles. The molecule has 0 aliphatic rings. The van der Waals surface area contributed by atoms with Gasteiger partial charge in [-0.25, -0.2) is 0 Å². The Morgan fingerprint density at radius 2 is 1.00 bits per heavy atom. The molecule has 12 heavy (non-hydrogen) atoms. The van der Waals surface area contributed by atoms with Crippen LogP contribution in [-0.2, 0) is 0 Å². The van der Waals surface area contributed by atoms with Gasteiger partial charge in [0.1, 0.15) is 0 Å². The minimum Gasteiger partial charge on any atom is -0.657 e. The summed E-state index contributed by atoms with van der Waals surface area (Å²) in [5.41, 5.74) is 0. The van der Waals surface area contributed by atoms with Crippen LogP contribution in [0.1, 0.15) is 53.4 Å². The zero-order valence-electron chi connectivity index (χ0n) is 9.43. The molecule has 0 rings (SSSR count). The Kier molecular flexibility index (Phi) is 14.3. The zero-order chi connectivity index (χ0) is 8.69. The SMILES string of the molecule is CCC(CC)[N-]C(CC)CC.[K+]. The van der Waals surface area contributed by atoms with E-state index in [4.69, 9.17) is 5.32 Å². The van der Waals surface area contributed by atoms with Crippen LogP contribution in [0.2, 0.25) is 0 Å². The minimum absolute atomic E-state index is 0. The Morgan fingerprint density at radius 3 is 1.17 bits per heavy atom. The van der Waals surface area contributed by atoms with Crippen LogP contribution in [0.25, 0.3) is 5.32 Å². The average molecular weight is 195 g/mol. The summed E-state index contributed by atoms with van der Waals surface area (Å²) in [6.45, 7) is 8.89. The van der Waals surface area contributed by atoms with E-state index in [0.717, 1.165) is 0 Å². The van der Waals surface area contributed by atoms with E-state index in [0.29, 0.717) is 12.1 Å². The van der Waals surface area contributed by atoms with Crippen molar-refractivity contribution in [3.8, 4) is 0 Å². The van der Waals surface area contributed by atoms with E-state index >= 15 is 0 Å². The van der Waals surface area contributed by atoms with Gasteiger partial charge in [0, 0.05) is 0 Å². The molecule has 2 heteroatoms. The van der Waals surface area contributed by atoms with E-state index in [-0.39, 0.29) is 51.4 Å². The van der Waals surface area contributed by atoms with Crippen LogP contribution < -0.4 is 51.4 Å². The monoisotopic (exact) mass is 195 g/mol. The third-order valence-electron chi connectivity index (χ3n) is 2.31. The average Bonchev–Trinajstić information content (AvgIpc) is 2.07. The van der Waals surface area contributed by atoms with Crippen molar-refractivity contribution in [2.24, 2.45) is 0 Å². The molecule has 0 bridgehead atoms. The summed E-state index contributed by atoms with van der Waals surface area (Å²) in [5, 5.41) is 4.75. The molecule has 0 aromatic heterocycles. The molecule has 0 aromatic carbocycles. The van der Waals surface area contributed by atoms with Gasteiger partial charge >= 0.3 is 51.4 Å². The van der Waals surface area contributed by atoms with Crippen LogP contribution in [0.15, 0.2) is 0 Å². The summed E-state index contributed by atoms with van der Waals surface area (Å²) in [6, 6.07) is 1.22. The second kappa shape index (κ2) is 10.7. The second-order valence-electron chi connectivity index (χ2n) is 3.09. The van der Waals surface area contributed by atoms with E-state index in [1.807, 2.05) is 0 Å². The first-order chi connectivity index (χ1) is 5.28. The molecular weight excluding hydrogens is 173 g/mol. The molecule has 0 aliphatic carbocycles. The van der Waals surface area contributed by atoms with Crippen molar-refractivity contribution in [3.63, 3.8) is 0 Å². The quantitative estimate of drug-likeness (QED) is 0.555. The minimum atomic E-state index is 0. The van der Waals surface area contributed by atoms with Crippen molar-refractivity contribution in [1.82, 2.24) is 0 Å². The Balaban J connectivity index is 0. The van der Waals surface area contributed by atoms with Crippen molar-refractivity contribution >= 4 is 0 Å². The second-order valence-corrected chi connectivity index (χ2v) is 3.09. The van der Waals surface area contributed by atoms with E-state index < -0.39 is 0 Å². The summed E-state index contributed by atoms with van der Waals surface area (Å²) in [7, 11) is 0. The van der Waals surface area contributed by atoms with Crippen molar-refractivity contribution in [2.45, 2.75) is 65.5 Å². The fraction of sp³-hybridized carbons (Fsp3) is 1.00. The first kappa shape index (κ1) is 16.0. The van der Waals surface area contributed by atoms with Crippen LogP contribution in [0.3, 0.4) is 0 Å². The zero-order valence-corrected chi connectivity index (χ0v) is 12.6. The van der Waals surface area contributed by atoms with Gasteiger partial charge in [-0.2, -0.15) is 0 Å². The molecule has 0 amide bonds. The van der Waals surface area contributed by atoms with Gasteiger partial charge in [-0.15, -0.1) is 12.1 Å². The molecule has 0 fully saturated rings. The van der Waals surface area contributed by atoms with Crippen LogP contribution >= 0.6 is 0 Å². The van der Waals surface area contributed by atoms with Gasteiger partial charge < -0.3 is 5.32 Å². The Hall–Kier alpha value is 1.60. The van der Waals surface area contributed by atoms with Gasteiger partial charge in [0.25, 0.3) is 0 Å². The summed E-state index contributed by atoms with van der Waals surface area (Å²) >= 11 is 0. The maximum atomic E-state index is 4.75. The maximum absolute atomic E-state index is 4.75. The van der Waals surface area contributed by atoms with Gasteiger partial charge in [0.15, 0.2) is 0 Å². The van der Waals surface area contributed by atoms with Crippen LogP contribution in [0.5, 0.6) is 0 Å². The Labute approximate surface area is 120 Å². The van der Waals surface area contributed by atoms with E-state index in [9.17, 15) is 0 Å². The number of hydrogen-bond acceptors (Lipinski definition) is 0.